The molecular weight excluding hydrogens is 376 g/mol. The molecule has 150 valence electrons. The van der Waals surface area contributed by atoms with Crippen LogP contribution >= 0.6 is 0 Å². The van der Waals surface area contributed by atoms with Crippen LogP contribution in [0, 0.1) is 27.2 Å². The molecule has 0 spiro atoms. The van der Waals surface area contributed by atoms with Gasteiger partial charge in [-0.25, -0.2) is 0 Å². The average molecular weight is 396 g/mol. The lowest BCUT2D eigenvalue weighted by Crippen LogP contribution is -2.47. The van der Waals surface area contributed by atoms with Crippen molar-refractivity contribution in [2.24, 2.45) is 0 Å². The number of benzene rings is 2. The number of carbonyl (C=O) groups is 1. The van der Waals surface area contributed by atoms with Crippen LogP contribution in [0.4, 0.5) is 17.1 Å². The highest BCUT2D eigenvalue weighted by Crippen LogP contribution is 2.46. The van der Waals surface area contributed by atoms with Gasteiger partial charge in [0.15, 0.2) is 0 Å². The van der Waals surface area contributed by atoms with E-state index in [2.05, 4.69) is 11.0 Å². The summed E-state index contributed by atoms with van der Waals surface area (Å²) in [4.78, 5) is 38.5. The van der Waals surface area contributed by atoms with Crippen LogP contribution in [0.3, 0.4) is 0 Å². The maximum absolute atomic E-state index is 13.5. The van der Waals surface area contributed by atoms with Crippen molar-refractivity contribution in [2.45, 2.75) is 25.3 Å². The topological polar surface area (TPSA) is 110 Å². The molecule has 2 unspecified atom stereocenters. The third-order valence-electron chi connectivity index (χ3n) is 5.79. The lowest BCUT2D eigenvalue weighted by molar-refractivity contribution is -0.394. The van der Waals surface area contributed by atoms with Crippen molar-refractivity contribution in [3.63, 3.8) is 0 Å². The van der Waals surface area contributed by atoms with Gasteiger partial charge in [-0.05, 0) is 44.6 Å². The Kier molecular flexibility index (Phi) is 4.54. The largest absolute Gasteiger partial charge is 0.306 e. The van der Waals surface area contributed by atoms with Gasteiger partial charge in [0.2, 0.25) is 0 Å². The number of anilines is 1. The predicted octanol–water partition coefficient (Wildman–Crippen LogP) is 3.26. The fraction of sp³-hybridized carbons (Fsp3) is 0.350. The molecule has 0 saturated carbocycles. The number of hydrogen-bond donors (Lipinski definition) is 0. The van der Waals surface area contributed by atoms with Gasteiger partial charge in [0, 0.05) is 30.3 Å². The molecule has 2 atom stereocenters. The van der Waals surface area contributed by atoms with Crippen LogP contribution in [0.5, 0.6) is 0 Å². The SMILES string of the molecule is Cc1ccc2c(c1)C1CN(C)CCC1N2C(=O)c1ccc([N+](=O)[O-])cc1[N+](=O)[O-]. The standard InChI is InChI=1S/C20H20N4O5/c1-12-3-6-17-15(9-12)16-11-21(2)8-7-18(16)22(17)20(25)14-5-4-13(23(26)27)10-19(14)24(28)29/h3-6,9-10,16,18H,7-8,11H2,1-2H3. The molecule has 9 heteroatoms. The number of fused-ring (bicyclic) bond motifs is 3. The average Bonchev–Trinajstić information content (AvgIpc) is 2.99. The van der Waals surface area contributed by atoms with E-state index in [1.54, 1.807) is 4.90 Å². The number of amides is 1. The Morgan fingerprint density at radius 2 is 1.86 bits per heavy atom. The second kappa shape index (κ2) is 6.93. The van der Waals surface area contributed by atoms with Crippen molar-refractivity contribution in [1.82, 2.24) is 4.90 Å². The molecule has 1 fully saturated rings. The van der Waals surface area contributed by atoms with Gasteiger partial charge in [-0.1, -0.05) is 17.7 Å². The molecule has 2 aromatic rings. The van der Waals surface area contributed by atoms with E-state index >= 15 is 0 Å². The van der Waals surface area contributed by atoms with E-state index < -0.39 is 27.1 Å². The van der Waals surface area contributed by atoms with Gasteiger partial charge in [-0.2, -0.15) is 0 Å². The minimum atomic E-state index is -0.738. The van der Waals surface area contributed by atoms with E-state index in [4.69, 9.17) is 0 Å². The second-order valence-corrected chi connectivity index (χ2v) is 7.68. The number of nitro groups is 2. The Morgan fingerprint density at radius 1 is 1.10 bits per heavy atom. The molecule has 0 bridgehead atoms. The van der Waals surface area contributed by atoms with Crippen molar-refractivity contribution in [3.05, 3.63) is 73.3 Å². The van der Waals surface area contributed by atoms with Crippen molar-refractivity contribution in [3.8, 4) is 0 Å². The molecule has 2 aliphatic heterocycles. The zero-order valence-electron chi connectivity index (χ0n) is 16.1. The highest BCUT2D eigenvalue weighted by molar-refractivity contribution is 6.10. The first-order valence-electron chi connectivity index (χ1n) is 9.33. The normalized spacial score (nSPS) is 20.8. The summed E-state index contributed by atoms with van der Waals surface area (Å²) in [5.74, 6) is -0.363. The molecule has 2 aromatic carbocycles. The van der Waals surface area contributed by atoms with Crippen LogP contribution in [-0.4, -0.2) is 46.8 Å². The number of non-ortho nitro benzene ring substituents is 1. The van der Waals surface area contributed by atoms with Gasteiger partial charge < -0.3 is 9.80 Å². The summed E-state index contributed by atoms with van der Waals surface area (Å²) in [5, 5.41) is 22.5. The Balaban J connectivity index is 1.81. The van der Waals surface area contributed by atoms with E-state index in [9.17, 15) is 25.0 Å². The summed E-state index contributed by atoms with van der Waals surface area (Å²) in [5.41, 5.74) is 1.83. The minimum absolute atomic E-state index is 0.0923. The molecule has 0 aliphatic carbocycles. The first kappa shape index (κ1) is 19.0. The molecule has 9 nitrogen and oxygen atoms in total. The minimum Gasteiger partial charge on any atom is -0.306 e. The van der Waals surface area contributed by atoms with Crippen LogP contribution in [0.2, 0.25) is 0 Å². The molecule has 29 heavy (non-hydrogen) atoms. The smallest absolute Gasteiger partial charge is 0.289 e. The van der Waals surface area contributed by atoms with Gasteiger partial charge in [-0.15, -0.1) is 0 Å². The van der Waals surface area contributed by atoms with E-state index in [0.29, 0.717) is 0 Å². The molecule has 1 amide bonds. The number of aryl methyl sites for hydroxylation is 1. The number of rotatable bonds is 3. The molecule has 2 heterocycles. The second-order valence-electron chi connectivity index (χ2n) is 7.68. The van der Waals surface area contributed by atoms with Crippen molar-refractivity contribution < 1.29 is 14.6 Å². The Hall–Kier alpha value is -3.33. The van der Waals surface area contributed by atoms with Crippen LogP contribution in [0.1, 0.15) is 33.8 Å². The van der Waals surface area contributed by atoms with Crippen molar-refractivity contribution in [1.29, 1.82) is 0 Å². The van der Waals surface area contributed by atoms with Gasteiger partial charge in [0.25, 0.3) is 17.3 Å². The van der Waals surface area contributed by atoms with Crippen LogP contribution in [0.15, 0.2) is 36.4 Å². The number of likely N-dealkylation sites (N-methyl/N-ethyl adjacent to an activating group) is 1. The summed E-state index contributed by atoms with van der Waals surface area (Å²) >= 11 is 0. The molecule has 1 saturated heterocycles. The van der Waals surface area contributed by atoms with E-state index in [-0.39, 0.29) is 17.5 Å². The van der Waals surface area contributed by atoms with E-state index in [1.165, 1.54) is 6.07 Å². The van der Waals surface area contributed by atoms with Gasteiger partial charge in [0.1, 0.15) is 5.56 Å². The van der Waals surface area contributed by atoms with Crippen LogP contribution in [-0.2, 0) is 0 Å². The fourth-order valence-electron chi connectivity index (χ4n) is 4.44. The number of likely N-dealkylation sites (tertiary alicyclic amines) is 1. The highest BCUT2D eigenvalue weighted by atomic mass is 16.6. The zero-order chi connectivity index (χ0) is 20.9. The Labute approximate surface area is 166 Å². The maximum Gasteiger partial charge on any atom is 0.289 e. The van der Waals surface area contributed by atoms with Gasteiger partial charge >= 0.3 is 0 Å². The molecule has 2 aliphatic rings. The summed E-state index contributed by atoms with van der Waals surface area (Å²) in [6.07, 6.45) is 0.751. The molecular formula is C20H20N4O5. The number of carbonyl (C=O) groups excluding carboxylic acids is 1. The number of piperidine rings is 1. The summed E-state index contributed by atoms with van der Waals surface area (Å²) in [6, 6.07) is 8.97. The maximum atomic E-state index is 13.5. The Morgan fingerprint density at radius 3 is 2.55 bits per heavy atom. The van der Waals surface area contributed by atoms with Crippen LogP contribution in [0.25, 0.3) is 0 Å². The summed E-state index contributed by atoms with van der Waals surface area (Å²) < 4.78 is 0. The number of nitro benzene ring substituents is 2. The van der Waals surface area contributed by atoms with Gasteiger partial charge in [0.05, 0.1) is 15.9 Å². The predicted molar refractivity (Wildman–Crippen MR) is 106 cm³/mol. The Bertz CT molecular complexity index is 1040. The molecule has 4 rings (SSSR count). The lowest BCUT2D eigenvalue weighted by atomic mass is 9.88. The van der Waals surface area contributed by atoms with Gasteiger partial charge in [-0.3, -0.25) is 25.0 Å². The fourth-order valence-corrected chi connectivity index (χ4v) is 4.44. The third-order valence-corrected chi connectivity index (χ3v) is 5.79. The van der Waals surface area contributed by atoms with Crippen molar-refractivity contribution in [2.75, 3.05) is 25.0 Å². The first-order valence-corrected chi connectivity index (χ1v) is 9.33. The highest BCUT2D eigenvalue weighted by Gasteiger charge is 2.45. The summed E-state index contributed by atoms with van der Waals surface area (Å²) in [7, 11) is 2.04. The molecule has 0 N–H and O–H groups in total. The molecule has 0 radical (unpaired) electrons. The van der Waals surface area contributed by atoms with Crippen LogP contribution < -0.4 is 4.90 Å². The number of hydrogen-bond acceptors (Lipinski definition) is 6. The third kappa shape index (κ3) is 3.13. The summed E-state index contributed by atoms with van der Waals surface area (Å²) in [6.45, 7) is 3.61. The quantitative estimate of drug-likeness (QED) is 0.582. The first-order chi connectivity index (χ1) is 13.8. The van der Waals surface area contributed by atoms with E-state index in [1.807, 2.05) is 26.1 Å². The van der Waals surface area contributed by atoms with Crippen molar-refractivity contribution >= 4 is 23.0 Å². The lowest BCUT2D eigenvalue weighted by Gasteiger charge is -2.36. The van der Waals surface area contributed by atoms with E-state index in [0.717, 1.165) is 48.5 Å². The zero-order valence-corrected chi connectivity index (χ0v) is 16.1. The molecule has 0 aromatic heterocycles. The number of nitrogens with zero attached hydrogens (tertiary/aromatic N) is 4. The monoisotopic (exact) mass is 396 g/mol.